The maximum absolute atomic E-state index is 12.2. The molecular weight excluding hydrogens is 266 g/mol. The molecule has 1 heterocycles. The van der Waals surface area contributed by atoms with E-state index in [0.29, 0.717) is 11.4 Å². The van der Waals surface area contributed by atoms with Crippen LogP contribution in [-0.2, 0) is 7.05 Å². The SMILES string of the molecule is Cc1cc(O)c(C(C)C)cc1NC(=O)c1cc(C)n(C)n1. The molecule has 112 valence electrons. The number of benzene rings is 1. The highest BCUT2D eigenvalue weighted by molar-refractivity contribution is 6.03. The van der Waals surface area contributed by atoms with Crippen LogP contribution in [0.3, 0.4) is 0 Å². The molecule has 0 aliphatic rings. The van der Waals surface area contributed by atoms with Gasteiger partial charge >= 0.3 is 0 Å². The summed E-state index contributed by atoms with van der Waals surface area (Å²) >= 11 is 0. The van der Waals surface area contributed by atoms with Crippen LogP contribution in [-0.4, -0.2) is 20.8 Å². The fourth-order valence-electron chi connectivity index (χ4n) is 2.16. The Morgan fingerprint density at radius 1 is 1.29 bits per heavy atom. The Balaban J connectivity index is 2.30. The molecule has 1 aromatic carbocycles. The van der Waals surface area contributed by atoms with Crippen LogP contribution in [0.25, 0.3) is 0 Å². The van der Waals surface area contributed by atoms with Gasteiger partial charge in [-0.2, -0.15) is 5.10 Å². The van der Waals surface area contributed by atoms with Crippen molar-refractivity contribution in [1.82, 2.24) is 9.78 Å². The average Bonchev–Trinajstić information content (AvgIpc) is 2.72. The van der Waals surface area contributed by atoms with E-state index in [-0.39, 0.29) is 17.6 Å². The molecule has 2 N–H and O–H groups in total. The number of anilines is 1. The molecule has 5 heteroatoms. The van der Waals surface area contributed by atoms with Crippen LogP contribution in [0, 0.1) is 13.8 Å². The summed E-state index contributed by atoms with van der Waals surface area (Å²) in [4.78, 5) is 12.2. The second kappa shape index (κ2) is 5.60. The third-order valence-corrected chi connectivity index (χ3v) is 3.59. The van der Waals surface area contributed by atoms with Crippen molar-refractivity contribution in [3.8, 4) is 5.75 Å². The number of hydrogen-bond donors (Lipinski definition) is 2. The molecule has 0 unspecified atom stereocenters. The smallest absolute Gasteiger partial charge is 0.276 e. The van der Waals surface area contributed by atoms with Gasteiger partial charge in [-0.3, -0.25) is 9.48 Å². The van der Waals surface area contributed by atoms with Crippen LogP contribution in [0.4, 0.5) is 5.69 Å². The molecule has 0 bridgehead atoms. The molecule has 2 rings (SSSR count). The van der Waals surface area contributed by atoms with Crippen LogP contribution >= 0.6 is 0 Å². The number of aryl methyl sites for hydroxylation is 3. The number of nitrogens with one attached hydrogen (secondary N) is 1. The van der Waals surface area contributed by atoms with Crippen molar-refractivity contribution in [3.63, 3.8) is 0 Å². The summed E-state index contributed by atoms with van der Waals surface area (Å²) in [6.45, 7) is 7.74. The number of amides is 1. The number of rotatable bonds is 3. The van der Waals surface area contributed by atoms with E-state index in [1.807, 2.05) is 33.8 Å². The van der Waals surface area contributed by atoms with Crippen molar-refractivity contribution in [1.29, 1.82) is 0 Å². The summed E-state index contributed by atoms with van der Waals surface area (Å²) in [6.07, 6.45) is 0. The van der Waals surface area contributed by atoms with E-state index in [2.05, 4.69) is 10.4 Å². The molecule has 0 saturated heterocycles. The second-order valence-corrected chi connectivity index (χ2v) is 5.63. The zero-order chi connectivity index (χ0) is 15.7. The second-order valence-electron chi connectivity index (χ2n) is 5.63. The highest BCUT2D eigenvalue weighted by Crippen LogP contribution is 2.31. The number of carbonyl (C=O) groups is 1. The summed E-state index contributed by atoms with van der Waals surface area (Å²) in [5.41, 5.74) is 3.63. The van der Waals surface area contributed by atoms with E-state index in [1.165, 1.54) is 0 Å². The predicted octanol–water partition coefficient (Wildman–Crippen LogP) is 3.12. The monoisotopic (exact) mass is 287 g/mol. The summed E-state index contributed by atoms with van der Waals surface area (Å²) < 4.78 is 1.66. The van der Waals surface area contributed by atoms with Crippen LogP contribution in [0.15, 0.2) is 18.2 Å². The number of hydrogen-bond acceptors (Lipinski definition) is 3. The highest BCUT2D eigenvalue weighted by atomic mass is 16.3. The van der Waals surface area contributed by atoms with E-state index in [9.17, 15) is 9.90 Å². The maximum atomic E-state index is 12.2. The first-order valence-electron chi connectivity index (χ1n) is 6.95. The lowest BCUT2D eigenvalue weighted by Gasteiger charge is -2.14. The quantitative estimate of drug-likeness (QED) is 0.852. The Bertz CT molecular complexity index is 668. The maximum Gasteiger partial charge on any atom is 0.276 e. The van der Waals surface area contributed by atoms with E-state index < -0.39 is 0 Å². The number of carbonyl (C=O) groups excluding carboxylic acids is 1. The van der Waals surface area contributed by atoms with Crippen LogP contribution in [0.1, 0.15) is 47.1 Å². The van der Waals surface area contributed by atoms with Gasteiger partial charge in [0.05, 0.1) is 0 Å². The third-order valence-electron chi connectivity index (χ3n) is 3.59. The lowest BCUT2D eigenvalue weighted by Crippen LogP contribution is -2.14. The van der Waals surface area contributed by atoms with Gasteiger partial charge in [-0.25, -0.2) is 0 Å². The number of phenolic OH excluding ortho intramolecular Hbond substituents is 1. The standard InChI is InChI=1S/C16H21N3O2/c1-9(2)12-8-13(10(3)6-15(12)20)17-16(21)14-7-11(4)19(5)18-14/h6-9,20H,1-5H3,(H,17,21). The zero-order valence-electron chi connectivity index (χ0n) is 13.1. The molecule has 2 aromatic rings. The molecule has 0 radical (unpaired) electrons. The fraction of sp³-hybridized carbons (Fsp3) is 0.375. The Labute approximate surface area is 124 Å². The molecule has 0 aliphatic heterocycles. The highest BCUT2D eigenvalue weighted by Gasteiger charge is 2.15. The Hall–Kier alpha value is -2.30. The van der Waals surface area contributed by atoms with E-state index in [1.54, 1.807) is 23.9 Å². The largest absolute Gasteiger partial charge is 0.508 e. The first-order chi connectivity index (χ1) is 9.79. The Morgan fingerprint density at radius 2 is 1.95 bits per heavy atom. The molecule has 0 fully saturated rings. The van der Waals surface area contributed by atoms with Crippen molar-refractivity contribution in [2.45, 2.75) is 33.6 Å². The van der Waals surface area contributed by atoms with Gasteiger partial charge in [0.1, 0.15) is 5.75 Å². The molecule has 1 amide bonds. The van der Waals surface area contributed by atoms with E-state index in [0.717, 1.165) is 16.8 Å². The number of nitrogens with zero attached hydrogens (tertiary/aromatic N) is 2. The number of aromatic hydroxyl groups is 1. The van der Waals surface area contributed by atoms with Crippen molar-refractivity contribution in [2.24, 2.45) is 7.05 Å². The molecule has 0 spiro atoms. The van der Waals surface area contributed by atoms with Crippen molar-refractivity contribution in [3.05, 3.63) is 40.7 Å². The normalized spacial score (nSPS) is 11.0. The van der Waals surface area contributed by atoms with Gasteiger partial charge in [0.2, 0.25) is 0 Å². The van der Waals surface area contributed by atoms with Gasteiger partial charge in [0, 0.05) is 18.4 Å². The van der Waals surface area contributed by atoms with Crippen LogP contribution in [0.5, 0.6) is 5.75 Å². The van der Waals surface area contributed by atoms with Gasteiger partial charge in [0.15, 0.2) is 5.69 Å². The zero-order valence-corrected chi connectivity index (χ0v) is 13.1. The molecule has 0 saturated carbocycles. The molecule has 5 nitrogen and oxygen atoms in total. The van der Waals surface area contributed by atoms with Gasteiger partial charge < -0.3 is 10.4 Å². The van der Waals surface area contributed by atoms with E-state index >= 15 is 0 Å². The molecule has 21 heavy (non-hydrogen) atoms. The summed E-state index contributed by atoms with van der Waals surface area (Å²) in [6, 6.07) is 5.24. The number of phenols is 1. The minimum Gasteiger partial charge on any atom is -0.508 e. The molecular formula is C16H21N3O2. The Morgan fingerprint density at radius 3 is 2.48 bits per heavy atom. The first kappa shape index (κ1) is 15.1. The fourth-order valence-corrected chi connectivity index (χ4v) is 2.16. The van der Waals surface area contributed by atoms with Crippen molar-refractivity contribution < 1.29 is 9.90 Å². The summed E-state index contributed by atoms with van der Waals surface area (Å²) in [5.74, 6) is 0.190. The first-order valence-corrected chi connectivity index (χ1v) is 6.95. The minimum atomic E-state index is -0.248. The average molecular weight is 287 g/mol. The van der Waals surface area contributed by atoms with Crippen molar-refractivity contribution in [2.75, 3.05) is 5.32 Å². The van der Waals surface area contributed by atoms with Crippen molar-refractivity contribution >= 4 is 11.6 Å². The van der Waals surface area contributed by atoms with Gasteiger partial charge in [-0.15, -0.1) is 0 Å². The van der Waals surface area contributed by atoms with Gasteiger partial charge in [0.25, 0.3) is 5.91 Å². The lowest BCUT2D eigenvalue weighted by molar-refractivity contribution is 0.102. The molecule has 0 aliphatic carbocycles. The number of aromatic nitrogens is 2. The predicted molar refractivity (Wildman–Crippen MR) is 82.8 cm³/mol. The third kappa shape index (κ3) is 3.07. The van der Waals surface area contributed by atoms with E-state index in [4.69, 9.17) is 0 Å². The molecule has 1 aromatic heterocycles. The summed E-state index contributed by atoms with van der Waals surface area (Å²) in [5, 5.41) is 17.0. The lowest BCUT2D eigenvalue weighted by atomic mass is 9.99. The minimum absolute atomic E-state index is 0.179. The van der Waals surface area contributed by atoms with Crippen LogP contribution in [0.2, 0.25) is 0 Å². The van der Waals surface area contributed by atoms with Gasteiger partial charge in [-0.05, 0) is 49.1 Å². The Kier molecular flexibility index (Phi) is 4.02. The molecule has 0 atom stereocenters. The topological polar surface area (TPSA) is 67.2 Å². The van der Waals surface area contributed by atoms with Crippen LogP contribution < -0.4 is 5.32 Å². The van der Waals surface area contributed by atoms with Gasteiger partial charge in [-0.1, -0.05) is 13.8 Å². The summed E-state index contributed by atoms with van der Waals surface area (Å²) in [7, 11) is 1.80.